The lowest BCUT2D eigenvalue weighted by Crippen LogP contribution is -2.20. The summed E-state index contributed by atoms with van der Waals surface area (Å²) >= 11 is 11.7. The Hall–Kier alpha value is -2.50. The van der Waals surface area contributed by atoms with Gasteiger partial charge in [0.05, 0.1) is 10.0 Å². The maximum Gasteiger partial charge on any atom is 0.331 e. The molecule has 0 bridgehead atoms. The standard InChI is InChI=1S/C19H18Cl2N2O3/c1-23(2)15-7-5-14(6-8-15)22-18(24)12-26-19(25)10-4-13-3-9-16(20)17(21)11-13/h3-11H,12H2,1-2H3,(H,22,24)/b10-4+. The summed E-state index contributed by atoms with van der Waals surface area (Å²) in [5.74, 6) is -1.05. The summed E-state index contributed by atoms with van der Waals surface area (Å²) in [6.07, 6.45) is 2.75. The minimum Gasteiger partial charge on any atom is -0.452 e. The molecule has 0 aromatic heterocycles. The average molecular weight is 393 g/mol. The van der Waals surface area contributed by atoms with Crippen molar-refractivity contribution in [2.45, 2.75) is 0 Å². The summed E-state index contributed by atoms with van der Waals surface area (Å²) < 4.78 is 4.91. The fourth-order valence-electron chi connectivity index (χ4n) is 2.01. The van der Waals surface area contributed by atoms with Gasteiger partial charge in [-0.3, -0.25) is 4.79 Å². The maximum absolute atomic E-state index is 11.8. The number of amides is 1. The third-order valence-corrected chi connectivity index (χ3v) is 4.11. The Bertz CT molecular complexity index is 818. The van der Waals surface area contributed by atoms with E-state index in [1.165, 1.54) is 12.2 Å². The van der Waals surface area contributed by atoms with Crippen LogP contribution in [0.3, 0.4) is 0 Å². The quantitative estimate of drug-likeness (QED) is 0.589. The number of halogens is 2. The van der Waals surface area contributed by atoms with Crippen molar-refractivity contribution in [3.63, 3.8) is 0 Å². The van der Waals surface area contributed by atoms with Crippen molar-refractivity contribution in [1.82, 2.24) is 0 Å². The predicted molar refractivity (Wildman–Crippen MR) is 106 cm³/mol. The smallest absolute Gasteiger partial charge is 0.331 e. The zero-order chi connectivity index (χ0) is 19.1. The number of carbonyl (C=O) groups is 2. The van der Waals surface area contributed by atoms with Gasteiger partial charge in [0.15, 0.2) is 6.61 Å². The van der Waals surface area contributed by atoms with Crippen LogP contribution in [-0.4, -0.2) is 32.6 Å². The van der Waals surface area contributed by atoms with E-state index in [1.54, 1.807) is 30.3 Å². The first kappa shape index (κ1) is 19.8. The highest BCUT2D eigenvalue weighted by atomic mass is 35.5. The summed E-state index contributed by atoms with van der Waals surface area (Å²) in [6.45, 7) is -0.375. The number of nitrogens with one attached hydrogen (secondary N) is 1. The Balaban J connectivity index is 1.81. The molecule has 0 aliphatic carbocycles. The van der Waals surface area contributed by atoms with Crippen LogP contribution in [0.4, 0.5) is 11.4 Å². The topological polar surface area (TPSA) is 58.6 Å². The Labute approximate surface area is 162 Å². The second-order valence-corrected chi connectivity index (χ2v) is 6.42. The predicted octanol–water partition coefficient (Wildman–Crippen LogP) is 4.25. The molecule has 2 rings (SSSR count). The number of anilines is 2. The van der Waals surface area contributed by atoms with Crippen LogP contribution >= 0.6 is 23.2 Å². The zero-order valence-corrected chi connectivity index (χ0v) is 15.8. The molecule has 26 heavy (non-hydrogen) atoms. The van der Waals surface area contributed by atoms with Gasteiger partial charge in [-0.25, -0.2) is 4.79 Å². The first-order chi connectivity index (χ1) is 12.3. The molecule has 0 aliphatic heterocycles. The number of hydrogen-bond donors (Lipinski definition) is 1. The lowest BCUT2D eigenvalue weighted by atomic mass is 10.2. The molecule has 0 aliphatic rings. The Kier molecular flexibility index (Phi) is 7.06. The highest BCUT2D eigenvalue weighted by molar-refractivity contribution is 6.42. The van der Waals surface area contributed by atoms with E-state index in [9.17, 15) is 9.59 Å². The van der Waals surface area contributed by atoms with Gasteiger partial charge >= 0.3 is 5.97 Å². The van der Waals surface area contributed by atoms with Gasteiger partial charge in [0.1, 0.15) is 0 Å². The summed E-state index contributed by atoms with van der Waals surface area (Å²) in [6, 6.07) is 12.3. The number of rotatable bonds is 6. The molecule has 0 heterocycles. The Morgan fingerprint density at radius 1 is 1.08 bits per heavy atom. The summed E-state index contributed by atoms with van der Waals surface area (Å²) in [5, 5.41) is 3.48. The molecule has 7 heteroatoms. The first-order valence-electron chi connectivity index (χ1n) is 7.72. The first-order valence-corrected chi connectivity index (χ1v) is 8.48. The van der Waals surface area contributed by atoms with Gasteiger partial charge in [-0.2, -0.15) is 0 Å². The van der Waals surface area contributed by atoms with Crippen LogP contribution in [0.25, 0.3) is 6.08 Å². The molecule has 2 aromatic carbocycles. The molecule has 0 fully saturated rings. The second-order valence-electron chi connectivity index (χ2n) is 5.60. The molecule has 0 saturated carbocycles. The summed E-state index contributed by atoms with van der Waals surface area (Å²) in [4.78, 5) is 25.5. The normalized spacial score (nSPS) is 10.6. The highest BCUT2D eigenvalue weighted by Crippen LogP contribution is 2.23. The number of hydrogen-bond acceptors (Lipinski definition) is 4. The third kappa shape index (κ3) is 6.10. The van der Waals surface area contributed by atoms with E-state index < -0.39 is 11.9 Å². The second kappa shape index (κ2) is 9.27. The van der Waals surface area contributed by atoms with Crippen molar-refractivity contribution in [1.29, 1.82) is 0 Å². The lowest BCUT2D eigenvalue weighted by Gasteiger charge is -2.13. The van der Waals surface area contributed by atoms with Gasteiger partial charge in [0.25, 0.3) is 5.91 Å². The molecule has 2 aromatic rings. The third-order valence-electron chi connectivity index (χ3n) is 3.37. The van der Waals surface area contributed by atoms with Crippen molar-refractivity contribution in [2.24, 2.45) is 0 Å². The fourth-order valence-corrected chi connectivity index (χ4v) is 2.31. The van der Waals surface area contributed by atoms with Crippen LogP contribution in [0, 0.1) is 0 Å². The molecule has 0 unspecified atom stereocenters. The van der Waals surface area contributed by atoms with E-state index in [0.29, 0.717) is 21.3 Å². The molecule has 0 radical (unpaired) electrons. The molecule has 136 valence electrons. The van der Waals surface area contributed by atoms with Crippen LogP contribution in [-0.2, 0) is 14.3 Å². The van der Waals surface area contributed by atoms with Crippen molar-refractivity contribution < 1.29 is 14.3 Å². The molecule has 0 atom stereocenters. The maximum atomic E-state index is 11.8. The van der Waals surface area contributed by atoms with Crippen LogP contribution < -0.4 is 10.2 Å². The Morgan fingerprint density at radius 2 is 1.77 bits per heavy atom. The van der Waals surface area contributed by atoms with Gasteiger partial charge in [-0.1, -0.05) is 29.3 Å². The summed E-state index contributed by atoms with van der Waals surface area (Å²) in [7, 11) is 3.86. The molecular formula is C19H18Cl2N2O3. The minimum atomic E-state index is -0.630. The highest BCUT2D eigenvalue weighted by Gasteiger charge is 2.06. The van der Waals surface area contributed by atoms with Crippen LogP contribution in [0.2, 0.25) is 10.0 Å². The van der Waals surface area contributed by atoms with Crippen molar-refractivity contribution in [3.8, 4) is 0 Å². The molecule has 1 amide bonds. The average Bonchev–Trinajstić information content (AvgIpc) is 2.61. The minimum absolute atomic E-state index is 0.375. The molecule has 1 N–H and O–H groups in total. The zero-order valence-electron chi connectivity index (χ0n) is 14.3. The largest absolute Gasteiger partial charge is 0.452 e. The van der Waals surface area contributed by atoms with Gasteiger partial charge in [0, 0.05) is 31.5 Å². The molecule has 5 nitrogen and oxygen atoms in total. The van der Waals surface area contributed by atoms with Crippen molar-refractivity contribution in [3.05, 3.63) is 64.1 Å². The number of benzene rings is 2. The van der Waals surface area contributed by atoms with E-state index in [2.05, 4.69) is 5.32 Å². The Morgan fingerprint density at radius 3 is 2.38 bits per heavy atom. The van der Waals surface area contributed by atoms with E-state index >= 15 is 0 Å². The SMILES string of the molecule is CN(C)c1ccc(NC(=O)COC(=O)/C=C/c2ccc(Cl)c(Cl)c2)cc1. The molecule has 0 spiro atoms. The fraction of sp³-hybridized carbons (Fsp3) is 0.158. The van der Waals surface area contributed by atoms with E-state index in [4.69, 9.17) is 27.9 Å². The monoisotopic (exact) mass is 392 g/mol. The van der Waals surface area contributed by atoms with E-state index in [-0.39, 0.29) is 6.61 Å². The van der Waals surface area contributed by atoms with E-state index in [0.717, 1.165) is 5.69 Å². The number of carbonyl (C=O) groups excluding carboxylic acids is 2. The van der Waals surface area contributed by atoms with Crippen LogP contribution in [0.15, 0.2) is 48.5 Å². The van der Waals surface area contributed by atoms with Gasteiger partial charge in [0.2, 0.25) is 0 Å². The number of ether oxygens (including phenoxy) is 1. The van der Waals surface area contributed by atoms with Crippen molar-refractivity contribution in [2.75, 3.05) is 30.9 Å². The van der Waals surface area contributed by atoms with E-state index in [1.807, 2.05) is 31.1 Å². The van der Waals surface area contributed by atoms with Crippen LogP contribution in [0.1, 0.15) is 5.56 Å². The molecular weight excluding hydrogens is 375 g/mol. The van der Waals surface area contributed by atoms with Gasteiger partial charge < -0.3 is 15.0 Å². The van der Waals surface area contributed by atoms with Gasteiger partial charge in [-0.05, 0) is 48.0 Å². The van der Waals surface area contributed by atoms with Crippen LogP contribution in [0.5, 0.6) is 0 Å². The van der Waals surface area contributed by atoms with Gasteiger partial charge in [-0.15, -0.1) is 0 Å². The summed E-state index contributed by atoms with van der Waals surface area (Å²) in [5.41, 5.74) is 2.34. The lowest BCUT2D eigenvalue weighted by molar-refractivity contribution is -0.142. The number of esters is 1. The number of nitrogens with zero attached hydrogens (tertiary/aromatic N) is 1. The van der Waals surface area contributed by atoms with Crippen molar-refractivity contribution >= 4 is 52.5 Å². The molecule has 0 saturated heterocycles.